The van der Waals surface area contributed by atoms with Crippen molar-refractivity contribution in [2.75, 3.05) is 16.8 Å². The molecule has 0 radical (unpaired) electrons. The Balaban J connectivity index is 2.11. The minimum atomic E-state index is -4.73. The number of benzene rings is 2. The average Bonchev–Trinajstić information content (AvgIpc) is 2.60. The van der Waals surface area contributed by atoms with Crippen molar-refractivity contribution in [1.29, 1.82) is 0 Å². The Morgan fingerprint density at radius 2 is 1.89 bits per heavy atom. The Morgan fingerprint density at radius 3 is 2.44 bits per heavy atom. The predicted molar refractivity (Wildman–Crippen MR) is 98.5 cm³/mol. The van der Waals surface area contributed by atoms with Gasteiger partial charge in [-0.05, 0) is 43.3 Å². The smallest absolute Gasteiger partial charge is 0.399 e. The molecule has 27 heavy (non-hydrogen) atoms. The highest BCUT2D eigenvalue weighted by molar-refractivity contribution is 7.99. The molecule has 0 saturated carbocycles. The fourth-order valence-corrected chi connectivity index (χ4v) is 2.96. The Morgan fingerprint density at radius 1 is 1.26 bits per heavy atom. The molecular weight excluding hydrogens is 379 g/mol. The number of hydrogen-bond donors (Lipinski definition) is 3. The van der Waals surface area contributed by atoms with Gasteiger partial charge >= 0.3 is 6.18 Å². The quantitative estimate of drug-likeness (QED) is 0.400. The van der Waals surface area contributed by atoms with E-state index in [9.17, 15) is 23.1 Å². The first kappa shape index (κ1) is 20.6. The number of rotatable bonds is 5. The molecule has 1 unspecified atom stereocenters. The van der Waals surface area contributed by atoms with Gasteiger partial charge in [-0.1, -0.05) is 6.07 Å². The van der Waals surface area contributed by atoms with E-state index in [1.54, 1.807) is 24.3 Å². The van der Waals surface area contributed by atoms with Crippen LogP contribution >= 0.6 is 11.8 Å². The zero-order valence-corrected chi connectivity index (χ0v) is 15.0. The summed E-state index contributed by atoms with van der Waals surface area (Å²) in [6.07, 6.45) is -4.73. The molecule has 2 rings (SSSR count). The largest absolute Gasteiger partial charge is 0.407 e. The molecule has 2 aromatic carbocycles. The lowest BCUT2D eigenvalue weighted by molar-refractivity contribution is -0.137. The van der Waals surface area contributed by atoms with Crippen molar-refractivity contribution in [2.45, 2.75) is 23.6 Å². The first-order valence-corrected chi connectivity index (χ1v) is 8.62. The fraction of sp³-hybridized carbons (Fsp3) is 0.222. The number of anilines is 2. The number of thioether (sulfide) groups is 1. The molecule has 0 bridgehead atoms. The van der Waals surface area contributed by atoms with Crippen LogP contribution in [0, 0.1) is 6.57 Å². The van der Waals surface area contributed by atoms with Gasteiger partial charge in [-0.2, -0.15) is 13.2 Å². The van der Waals surface area contributed by atoms with Crippen molar-refractivity contribution in [2.24, 2.45) is 0 Å². The molecule has 0 aliphatic rings. The number of nitrogens with zero attached hydrogens (tertiary/aromatic N) is 1. The zero-order chi connectivity index (χ0) is 20.2. The minimum Gasteiger partial charge on any atom is -0.399 e. The third-order valence-electron chi connectivity index (χ3n) is 3.57. The maximum Gasteiger partial charge on any atom is 0.407 e. The van der Waals surface area contributed by atoms with Gasteiger partial charge < -0.3 is 16.2 Å². The Kier molecular flexibility index (Phi) is 6.03. The zero-order valence-electron chi connectivity index (χ0n) is 14.2. The van der Waals surface area contributed by atoms with E-state index < -0.39 is 28.9 Å². The van der Waals surface area contributed by atoms with Crippen LogP contribution in [-0.2, 0) is 11.0 Å². The van der Waals surface area contributed by atoms with E-state index in [1.807, 2.05) is 0 Å². The number of nitrogen functional groups attached to an aromatic ring is 1. The molecule has 0 heterocycles. The highest BCUT2D eigenvalue weighted by atomic mass is 32.2. The Labute approximate surface area is 158 Å². The molecule has 1 atom stereocenters. The normalized spacial score (nSPS) is 13.5. The number of alkyl halides is 3. The second-order valence-electron chi connectivity index (χ2n) is 5.93. The summed E-state index contributed by atoms with van der Waals surface area (Å²) in [5.74, 6) is -0.871. The second kappa shape index (κ2) is 7.90. The number of carbonyl (C=O) groups excluding carboxylic acids is 1. The van der Waals surface area contributed by atoms with E-state index in [-0.39, 0.29) is 11.4 Å². The minimum absolute atomic E-state index is 0.0188. The summed E-state index contributed by atoms with van der Waals surface area (Å²) < 4.78 is 39.0. The Hall–Kier alpha value is -2.70. The van der Waals surface area contributed by atoms with E-state index >= 15 is 0 Å². The van der Waals surface area contributed by atoms with Gasteiger partial charge in [0, 0.05) is 22.0 Å². The maximum absolute atomic E-state index is 13.0. The molecule has 0 saturated heterocycles. The molecule has 0 aliphatic heterocycles. The van der Waals surface area contributed by atoms with Gasteiger partial charge in [0.2, 0.25) is 0 Å². The van der Waals surface area contributed by atoms with Crippen LogP contribution in [0.15, 0.2) is 47.4 Å². The highest BCUT2D eigenvalue weighted by Gasteiger charge is 2.35. The maximum atomic E-state index is 13.0. The number of halogens is 3. The summed E-state index contributed by atoms with van der Waals surface area (Å²) in [7, 11) is 0. The van der Waals surface area contributed by atoms with E-state index in [1.165, 1.54) is 24.8 Å². The molecule has 0 spiro atoms. The first-order valence-electron chi connectivity index (χ1n) is 7.64. The summed E-state index contributed by atoms with van der Waals surface area (Å²) in [4.78, 5) is 15.9. The van der Waals surface area contributed by atoms with E-state index in [2.05, 4.69) is 10.2 Å². The van der Waals surface area contributed by atoms with Crippen LogP contribution in [0.5, 0.6) is 0 Å². The van der Waals surface area contributed by atoms with Gasteiger partial charge in [0.15, 0.2) is 5.69 Å². The monoisotopic (exact) mass is 395 g/mol. The molecule has 0 fully saturated rings. The van der Waals surface area contributed by atoms with Gasteiger partial charge in [0.1, 0.15) is 5.60 Å². The van der Waals surface area contributed by atoms with Crippen molar-refractivity contribution in [3.8, 4) is 0 Å². The van der Waals surface area contributed by atoms with Gasteiger partial charge in [-0.15, -0.1) is 11.8 Å². The van der Waals surface area contributed by atoms with Gasteiger partial charge in [0.05, 0.1) is 12.1 Å². The molecule has 5 nitrogen and oxygen atoms in total. The predicted octanol–water partition coefficient (Wildman–Crippen LogP) is 4.32. The number of amides is 1. The summed E-state index contributed by atoms with van der Waals surface area (Å²) >= 11 is 1.20. The third kappa shape index (κ3) is 5.39. The SMILES string of the molecule is [C-]#[N+]c1ccc(NC(=O)C(C)(O)CSc2ccc(N)cc2)cc1C(F)(F)F. The molecule has 142 valence electrons. The molecule has 2 aromatic rings. The van der Waals surface area contributed by atoms with Crippen LogP contribution in [0.25, 0.3) is 4.85 Å². The second-order valence-corrected chi connectivity index (χ2v) is 6.98. The Bertz CT molecular complexity index is 875. The van der Waals surface area contributed by atoms with E-state index in [4.69, 9.17) is 12.3 Å². The molecule has 0 aliphatic carbocycles. The number of aliphatic hydroxyl groups is 1. The number of nitrogens with two attached hydrogens (primary N) is 1. The standard InChI is InChI=1S/C18H16F3N3O2S/c1-17(26,10-27-13-6-3-11(22)4-7-13)16(25)24-12-5-8-15(23-2)14(9-12)18(19,20)21/h3-9,26H,10,22H2,1H3,(H,24,25). The van der Waals surface area contributed by atoms with Gasteiger partial charge in [-0.25, -0.2) is 4.85 Å². The van der Waals surface area contributed by atoms with Crippen LogP contribution < -0.4 is 11.1 Å². The van der Waals surface area contributed by atoms with Gasteiger partial charge in [-0.3, -0.25) is 4.79 Å². The average molecular weight is 395 g/mol. The van der Waals surface area contributed by atoms with Crippen molar-refractivity contribution in [3.63, 3.8) is 0 Å². The lowest BCUT2D eigenvalue weighted by Crippen LogP contribution is -2.42. The fourth-order valence-electron chi connectivity index (χ4n) is 2.06. The van der Waals surface area contributed by atoms with Crippen molar-refractivity contribution < 1.29 is 23.1 Å². The highest BCUT2D eigenvalue weighted by Crippen LogP contribution is 2.38. The third-order valence-corrected chi connectivity index (χ3v) is 4.88. The van der Waals surface area contributed by atoms with E-state index in [0.717, 1.165) is 11.0 Å². The van der Waals surface area contributed by atoms with E-state index in [0.29, 0.717) is 11.8 Å². The van der Waals surface area contributed by atoms with Crippen LogP contribution in [0.2, 0.25) is 0 Å². The molecule has 1 amide bonds. The van der Waals surface area contributed by atoms with Crippen LogP contribution in [-0.4, -0.2) is 22.4 Å². The van der Waals surface area contributed by atoms with Crippen molar-refractivity contribution in [3.05, 3.63) is 59.4 Å². The number of nitrogens with one attached hydrogen (secondary N) is 1. The molecule has 4 N–H and O–H groups in total. The van der Waals surface area contributed by atoms with Crippen LogP contribution in [0.1, 0.15) is 12.5 Å². The summed E-state index contributed by atoms with van der Waals surface area (Å²) in [6.45, 7) is 8.08. The van der Waals surface area contributed by atoms with Crippen LogP contribution in [0.3, 0.4) is 0 Å². The summed E-state index contributed by atoms with van der Waals surface area (Å²) in [6, 6.07) is 9.64. The number of carbonyl (C=O) groups is 1. The summed E-state index contributed by atoms with van der Waals surface area (Å²) in [5.41, 5.74) is 2.46. The molecule has 0 aromatic heterocycles. The van der Waals surface area contributed by atoms with Crippen molar-refractivity contribution in [1.82, 2.24) is 0 Å². The molecule has 9 heteroatoms. The van der Waals surface area contributed by atoms with Crippen LogP contribution in [0.4, 0.5) is 30.2 Å². The topological polar surface area (TPSA) is 79.7 Å². The van der Waals surface area contributed by atoms with Gasteiger partial charge in [0.25, 0.3) is 5.91 Å². The first-order chi connectivity index (χ1) is 12.5. The lowest BCUT2D eigenvalue weighted by atomic mass is 10.1. The number of hydrogen-bond acceptors (Lipinski definition) is 4. The summed E-state index contributed by atoms with van der Waals surface area (Å²) in [5, 5.41) is 12.6. The van der Waals surface area contributed by atoms with Crippen molar-refractivity contribution >= 4 is 34.7 Å². The lowest BCUT2D eigenvalue weighted by Gasteiger charge is -2.22. The molecular formula is C18H16F3N3O2S.